The number of carboxylic acid groups (broad SMARTS) is 1. The highest BCUT2D eigenvalue weighted by Crippen LogP contribution is 2.44. The average Bonchev–Trinajstić information content (AvgIpc) is 3.27. The van der Waals surface area contributed by atoms with E-state index in [4.69, 9.17) is 0 Å². The quantitative estimate of drug-likeness (QED) is 0.780. The fraction of sp³-hybridized carbons (Fsp3) is 0.444. The molecule has 2 N–H and O–H groups in total. The molecule has 26 heavy (non-hydrogen) atoms. The molecular weight excluding hydrogens is 338 g/mol. The number of imide groups is 1. The van der Waals surface area contributed by atoms with Crippen molar-refractivity contribution in [2.45, 2.75) is 12.8 Å². The molecule has 1 aliphatic carbocycles. The number of rotatable bonds is 4. The molecule has 4 rings (SSSR count). The summed E-state index contributed by atoms with van der Waals surface area (Å²) in [5.41, 5.74) is 0.978. The summed E-state index contributed by atoms with van der Waals surface area (Å²) in [6.45, 7) is 0.674. The fourth-order valence-electron chi connectivity index (χ4n) is 3.87. The van der Waals surface area contributed by atoms with Crippen LogP contribution in [0.3, 0.4) is 0 Å². The van der Waals surface area contributed by atoms with Crippen LogP contribution in [0, 0.1) is 17.8 Å². The summed E-state index contributed by atoms with van der Waals surface area (Å²) in [4.78, 5) is 50.1. The predicted molar refractivity (Wildman–Crippen MR) is 90.6 cm³/mol. The first-order chi connectivity index (χ1) is 12.4. The Hall–Kier alpha value is -2.90. The number of hydrogen-bond acceptors (Lipinski definition) is 4. The molecule has 0 spiro atoms. The van der Waals surface area contributed by atoms with E-state index < -0.39 is 17.9 Å². The van der Waals surface area contributed by atoms with Crippen LogP contribution in [0.15, 0.2) is 24.3 Å². The highest BCUT2D eigenvalue weighted by Gasteiger charge is 2.46. The molecule has 2 saturated heterocycles. The first kappa shape index (κ1) is 16.6. The first-order valence-corrected chi connectivity index (χ1v) is 8.67. The molecule has 136 valence electrons. The standard InChI is InChI=1S/C18H19N3O5/c22-15-9-21(18(26)19-15)12-5-3-11(4-6-12)16(23)20-7-13(10-1-2-10)14(8-20)17(24)25/h3-6,10,13-14H,1-2,7-9H2,(H,24,25)(H,19,22,26)/t13-,14+/m0/s1. The molecule has 3 fully saturated rings. The maximum Gasteiger partial charge on any atom is 0.329 e. The number of likely N-dealkylation sites (tertiary alicyclic amines) is 1. The molecule has 8 nitrogen and oxygen atoms in total. The molecule has 0 bridgehead atoms. The van der Waals surface area contributed by atoms with Crippen LogP contribution in [0.2, 0.25) is 0 Å². The molecule has 2 atom stereocenters. The Morgan fingerprint density at radius 2 is 1.77 bits per heavy atom. The molecule has 8 heteroatoms. The molecule has 0 unspecified atom stereocenters. The molecule has 3 aliphatic rings. The van der Waals surface area contributed by atoms with Gasteiger partial charge in [-0.1, -0.05) is 0 Å². The minimum absolute atomic E-state index is 0.0371. The van der Waals surface area contributed by atoms with Crippen LogP contribution in [-0.2, 0) is 9.59 Å². The molecule has 1 aromatic rings. The van der Waals surface area contributed by atoms with Gasteiger partial charge in [0, 0.05) is 24.3 Å². The largest absolute Gasteiger partial charge is 0.481 e. The number of urea groups is 1. The Kier molecular flexibility index (Phi) is 3.90. The highest BCUT2D eigenvalue weighted by molar-refractivity contribution is 6.12. The van der Waals surface area contributed by atoms with Crippen molar-refractivity contribution in [3.63, 3.8) is 0 Å². The summed E-state index contributed by atoms with van der Waals surface area (Å²) < 4.78 is 0. The highest BCUT2D eigenvalue weighted by atomic mass is 16.4. The van der Waals surface area contributed by atoms with Crippen molar-refractivity contribution in [3.05, 3.63) is 29.8 Å². The molecular formula is C18H19N3O5. The van der Waals surface area contributed by atoms with Crippen LogP contribution >= 0.6 is 0 Å². The van der Waals surface area contributed by atoms with Crippen molar-refractivity contribution in [2.75, 3.05) is 24.5 Å². The number of carbonyl (C=O) groups is 4. The zero-order chi connectivity index (χ0) is 18.4. The Morgan fingerprint density at radius 1 is 1.08 bits per heavy atom. The number of aliphatic carboxylic acids is 1. The van der Waals surface area contributed by atoms with E-state index in [2.05, 4.69) is 5.32 Å². The van der Waals surface area contributed by atoms with E-state index in [-0.39, 0.29) is 30.8 Å². The van der Waals surface area contributed by atoms with Crippen LogP contribution in [0.25, 0.3) is 0 Å². The summed E-state index contributed by atoms with van der Waals surface area (Å²) in [5.74, 6) is -1.44. The van der Waals surface area contributed by atoms with Crippen LogP contribution in [0.5, 0.6) is 0 Å². The van der Waals surface area contributed by atoms with E-state index in [1.165, 1.54) is 4.90 Å². The number of nitrogens with zero attached hydrogens (tertiary/aromatic N) is 2. The third kappa shape index (κ3) is 2.91. The summed E-state index contributed by atoms with van der Waals surface area (Å²) in [5, 5.41) is 11.6. The van der Waals surface area contributed by atoms with E-state index in [9.17, 15) is 24.3 Å². The molecule has 2 heterocycles. The van der Waals surface area contributed by atoms with Crippen LogP contribution in [-0.4, -0.2) is 53.5 Å². The van der Waals surface area contributed by atoms with E-state index in [0.29, 0.717) is 23.7 Å². The molecule has 1 saturated carbocycles. The van der Waals surface area contributed by atoms with Gasteiger partial charge in [0.25, 0.3) is 5.91 Å². The number of hydrogen-bond donors (Lipinski definition) is 2. The molecule has 4 amide bonds. The van der Waals surface area contributed by atoms with Gasteiger partial charge in [-0.3, -0.25) is 24.6 Å². The monoisotopic (exact) mass is 357 g/mol. The Morgan fingerprint density at radius 3 is 2.31 bits per heavy atom. The Bertz CT molecular complexity index is 787. The van der Waals surface area contributed by atoms with Gasteiger partial charge in [-0.25, -0.2) is 4.79 Å². The second-order valence-corrected chi connectivity index (χ2v) is 7.14. The second-order valence-electron chi connectivity index (χ2n) is 7.14. The molecule has 0 aromatic heterocycles. The minimum Gasteiger partial charge on any atom is -0.481 e. The molecule has 0 radical (unpaired) electrons. The van der Waals surface area contributed by atoms with Gasteiger partial charge in [0.1, 0.15) is 6.54 Å². The summed E-state index contributed by atoms with van der Waals surface area (Å²) in [6, 6.07) is 5.97. The zero-order valence-electron chi connectivity index (χ0n) is 14.1. The zero-order valence-corrected chi connectivity index (χ0v) is 14.1. The summed E-state index contributed by atoms with van der Waals surface area (Å²) in [7, 11) is 0. The van der Waals surface area contributed by atoms with Crippen molar-refractivity contribution in [1.29, 1.82) is 0 Å². The SMILES string of the molecule is O=C1CN(c2ccc(C(=O)N3C[C@@H](C(=O)O)[C@H](C4CC4)C3)cc2)C(=O)N1. The maximum atomic E-state index is 12.7. The number of anilines is 1. The van der Waals surface area contributed by atoms with Crippen molar-refractivity contribution in [1.82, 2.24) is 10.2 Å². The van der Waals surface area contributed by atoms with Crippen LogP contribution in [0.1, 0.15) is 23.2 Å². The van der Waals surface area contributed by atoms with E-state index >= 15 is 0 Å². The third-order valence-electron chi connectivity index (χ3n) is 5.42. The molecule has 2 aliphatic heterocycles. The maximum absolute atomic E-state index is 12.7. The van der Waals surface area contributed by atoms with Gasteiger partial charge >= 0.3 is 12.0 Å². The van der Waals surface area contributed by atoms with Gasteiger partial charge in [-0.05, 0) is 48.9 Å². The number of amides is 4. The predicted octanol–water partition coefficient (Wildman–Crippen LogP) is 0.926. The first-order valence-electron chi connectivity index (χ1n) is 8.67. The number of carboxylic acids is 1. The smallest absolute Gasteiger partial charge is 0.329 e. The topological polar surface area (TPSA) is 107 Å². The second kappa shape index (κ2) is 6.12. The lowest BCUT2D eigenvalue weighted by molar-refractivity contribution is -0.142. The lowest BCUT2D eigenvalue weighted by atomic mass is 9.92. The van der Waals surface area contributed by atoms with Crippen molar-refractivity contribution in [2.24, 2.45) is 17.8 Å². The van der Waals surface area contributed by atoms with E-state index in [0.717, 1.165) is 12.8 Å². The Labute approximate surface area is 149 Å². The van der Waals surface area contributed by atoms with Crippen LogP contribution < -0.4 is 10.2 Å². The fourth-order valence-corrected chi connectivity index (χ4v) is 3.87. The van der Waals surface area contributed by atoms with Crippen molar-refractivity contribution >= 4 is 29.5 Å². The third-order valence-corrected chi connectivity index (χ3v) is 5.42. The number of benzene rings is 1. The van der Waals surface area contributed by atoms with E-state index in [1.807, 2.05) is 0 Å². The summed E-state index contributed by atoms with van der Waals surface area (Å²) >= 11 is 0. The van der Waals surface area contributed by atoms with Gasteiger partial charge in [-0.2, -0.15) is 0 Å². The molecule has 1 aromatic carbocycles. The number of carbonyl (C=O) groups excluding carboxylic acids is 3. The minimum atomic E-state index is -0.836. The van der Waals surface area contributed by atoms with Gasteiger partial charge in [0.15, 0.2) is 0 Å². The summed E-state index contributed by atoms with van der Waals surface area (Å²) in [6.07, 6.45) is 2.09. The lowest BCUT2D eigenvalue weighted by Crippen LogP contribution is -2.30. The number of nitrogens with one attached hydrogen (secondary N) is 1. The lowest BCUT2D eigenvalue weighted by Gasteiger charge is -2.18. The average molecular weight is 357 g/mol. The van der Waals surface area contributed by atoms with Gasteiger partial charge in [-0.15, -0.1) is 0 Å². The van der Waals surface area contributed by atoms with Crippen LogP contribution in [0.4, 0.5) is 10.5 Å². The van der Waals surface area contributed by atoms with Crippen molar-refractivity contribution in [3.8, 4) is 0 Å². The van der Waals surface area contributed by atoms with Crippen molar-refractivity contribution < 1.29 is 24.3 Å². The normalized spacial score (nSPS) is 25.5. The Balaban J connectivity index is 1.47. The van der Waals surface area contributed by atoms with Gasteiger partial charge in [0.05, 0.1) is 5.92 Å². The van der Waals surface area contributed by atoms with Gasteiger partial charge in [0.2, 0.25) is 5.91 Å². The van der Waals surface area contributed by atoms with E-state index in [1.54, 1.807) is 29.2 Å². The van der Waals surface area contributed by atoms with Gasteiger partial charge < -0.3 is 10.0 Å².